The summed E-state index contributed by atoms with van der Waals surface area (Å²) in [6.45, 7) is 4.59. The fourth-order valence-electron chi connectivity index (χ4n) is 3.89. The van der Waals surface area contributed by atoms with E-state index >= 15 is 0 Å². The van der Waals surface area contributed by atoms with E-state index in [-0.39, 0.29) is 17.5 Å². The Morgan fingerprint density at radius 3 is 2.50 bits per heavy atom. The summed E-state index contributed by atoms with van der Waals surface area (Å²) in [7, 11) is -3.66. The lowest BCUT2D eigenvalue weighted by molar-refractivity contribution is -0.0633. The number of rotatable bonds is 3. The molecular formula is C20H21N3O4S. The van der Waals surface area contributed by atoms with Gasteiger partial charge in [0.15, 0.2) is 11.5 Å². The molecule has 1 spiro atoms. The van der Waals surface area contributed by atoms with E-state index in [4.69, 9.17) is 9.47 Å². The second kappa shape index (κ2) is 5.96. The highest BCUT2D eigenvalue weighted by atomic mass is 32.2. The molecule has 1 fully saturated rings. The van der Waals surface area contributed by atoms with Crippen molar-refractivity contribution in [3.63, 3.8) is 0 Å². The number of hydrogen-bond donors (Lipinski definition) is 0. The van der Waals surface area contributed by atoms with Gasteiger partial charge in [-0.1, -0.05) is 12.1 Å². The van der Waals surface area contributed by atoms with Gasteiger partial charge in [-0.15, -0.1) is 0 Å². The van der Waals surface area contributed by atoms with E-state index in [0.29, 0.717) is 24.5 Å². The molecule has 2 aliphatic rings. The molecule has 3 aromatic rings. The Bertz CT molecular complexity index is 1140. The summed E-state index contributed by atoms with van der Waals surface area (Å²) in [4.78, 5) is 0.260. The zero-order valence-electron chi connectivity index (χ0n) is 15.7. The predicted octanol–water partition coefficient (Wildman–Crippen LogP) is 3.18. The zero-order chi connectivity index (χ0) is 19.5. The normalized spacial score (nSPS) is 18.5. The van der Waals surface area contributed by atoms with E-state index in [1.54, 1.807) is 18.3 Å². The van der Waals surface area contributed by atoms with Crippen LogP contribution in [0.1, 0.15) is 26.3 Å². The number of aromatic nitrogens is 2. The van der Waals surface area contributed by atoms with Crippen LogP contribution in [0.3, 0.4) is 0 Å². The van der Waals surface area contributed by atoms with Gasteiger partial charge in [0.1, 0.15) is 0 Å². The van der Waals surface area contributed by atoms with Crippen LogP contribution in [0.15, 0.2) is 53.6 Å². The van der Waals surface area contributed by atoms with Crippen molar-refractivity contribution in [2.75, 3.05) is 13.1 Å². The Labute approximate surface area is 163 Å². The molecule has 2 aromatic carbocycles. The van der Waals surface area contributed by atoms with Crippen molar-refractivity contribution >= 4 is 20.9 Å². The fourth-order valence-corrected chi connectivity index (χ4v) is 5.40. The first kappa shape index (κ1) is 17.5. The monoisotopic (exact) mass is 399 g/mol. The van der Waals surface area contributed by atoms with Crippen LogP contribution in [0.25, 0.3) is 10.9 Å². The van der Waals surface area contributed by atoms with Crippen LogP contribution in [0.2, 0.25) is 0 Å². The maximum absolute atomic E-state index is 13.2. The molecule has 2 aliphatic heterocycles. The molecule has 7 nitrogen and oxygen atoms in total. The van der Waals surface area contributed by atoms with Crippen LogP contribution in [0, 0.1) is 0 Å². The Hall–Kier alpha value is -2.58. The van der Waals surface area contributed by atoms with Crippen molar-refractivity contribution in [1.82, 2.24) is 14.1 Å². The third kappa shape index (κ3) is 2.59. The topological polar surface area (TPSA) is 73.7 Å². The molecule has 0 bridgehead atoms. The molecule has 146 valence electrons. The minimum atomic E-state index is -3.66. The Morgan fingerprint density at radius 1 is 1.11 bits per heavy atom. The summed E-state index contributed by atoms with van der Waals surface area (Å²) in [6, 6.07) is 12.8. The van der Waals surface area contributed by atoms with Gasteiger partial charge in [0.2, 0.25) is 10.0 Å². The van der Waals surface area contributed by atoms with Gasteiger partial charge >= 0.3 is 0 Å². The second-order valence-electron chi connectivity index (χ2n) is 7.55. The molecule has 0 amide bonds. The molecule has 0 saturated carbocycles. The van der Waals surface area contributed by atoms with Crippen molar-refractivity contribution < 1.29 is 17.9 Å². The quantitative estimate of drug-likeness (QED) is 0.676. The molecule has 1 aromatic heterocycles. The zero-order valence-corrected chi connectivity index (χ0v) is 16.5. The second-order valence-corrected chi connectivity index (χ2v) is 9.49. The smallest absolute Gasteiger partial charge is 0.266 e. The van der Waals surface area contributed by atoms with Gasteiger partial charge in [0.05, 0.1) is 23.2 Å². The summed E-state index contributed by atoms with van der Waals surface area (Å²) in [5.41, 5.74) is 0.921. The molecule has 1 saturated heterocycles. The maximum Gasteiger partial charge on any atom is 0.266 e. The molecule has 0 unspecified atom stereocenters. The van der Waals surface area contributed by atoms with Crippen LogP contribution < -0.4 is 9.47 Å². The molecule has 0 aliphatic carbocycles. The Balaban J connectivity index is 1.43. The average Bonchev–Trinajstić information content (AvgIpc) is 3.37. The summed E-state index contributed by atoms with van der Waals surface area (Å²) in [6.07, 6.45) is 2.19. The van der Waals surface area contributed by atoms with Crippen LogP contribution in [-0.4, -0.2) is 41.4 Å². The van der Waals surface area contributed by atoms with Gasteiger partial charge in [-0.05, 0) is 44.2 Å². The van der Waals surface area contributed by atoms with E-state index in [2.05, 4.69) is 5.10 Å². The van der Waals surface area contributed by atoms with Gasteiger partial charge in [0, 0.05) is 24.4 Å². The van der Waals surface area contributed by atoms with Crippen LogP contribution in [0.5, 0.6) is 11.5 Å². The van der Waals surface area contributed by atoms with E-state index in [0.717, 1.165) is 10.9 Å². The standard InChI is InChI=1S/C20H21N3O4S/c1-14(2)23-17-8-7-16(11-15(17)12-21-23)28(24,25)22-10-9-20(13-22)26-18-5-3-4-6-19(18)27-20/h3-8,11-12,14H,9-10,13H2,1-2H3. The van der Waals surface area contributed by atoms with E-state index in [1.807, 2.05) is 48.9 Å². The first-order chi connectivity index (χ1) is 13.4. The van der Waals surface area contributed by atoms with Gasteiger partial charge < -0.3 is 9.47 Å². The first-order valence-corrected chi connectivity index (χ1v) is 10.8. The van der Waals surface area contributed by atoms with Crippen molar-refractivity contribution in [2.45, 2.75) is 37.0 Å². The van der Waals surface area contributed by atoms with E-state index in [9.17, 15) is 8.42 Å². The average molecular weight is 399 g/mol. The minimum Gasteiger partial charge on any atom is -0.447 e. The summed E-state index contributed by atoms with van der Waals surface area (Å²) < 4.78 is 41.7. The lowest BCUT2D eigenvalue weighted by Gasteiger charge is -2.23. The number of hydrogen-bond acceptors (Lipinski definition) is 5. The van der Waals surface area contributed by atoms with Gasteiger partial charge in [0.25, 0.3) is 5.79 Å². The van der Waals surface area contributed by atoms with Crippen molar-refractivity contribution in [1.29, 1.82) is 0 Å². The molecule has 3 heterocycles. The van der Waals surface area contributed by atoms with E-state index in [1.165, 1.54) is 4.31 Å². The molecule has 0 atom stereocenters. The number of para-hydroxylation sites is 2. The Kier molecular flexibility index (Phi) is 3.73. The first-order valence-electron chi connectivity index (χ1n) is 9.32. The highest BCUT2D eigenvalue weighted by Gasteiger charge is 2.50. The van der Waals surface area contributed by atoms with Crippen molar-refractivity contribution in [2.24, 2.45) is 0 Å². The predicted molar refractivity (Wildman–Crippen MR) is 104 cm³/mol. The Morgan fingerprint density at radius 2 is 1.82 bits per heavy atom. The molecule has 8 heteroatoms. The number of benzene rings is 2. The highest BCUT2D eigenvalue weighted by molar-refractivity contribution is 7.89. The third-order valence-corrected chi connectivity index (χ3v) is 7.14. The van der Waals surface area contributed by atoms with Gasteiger partial charge in [-0.25, -0.2) is 8.42 Å². The lowest BCUT2D eigenvalue weighted by Crippen LogP contribution is -2.42. The number of fused-ring (bicyclic) bond motifs is 2. The van der Waals surface area contributed by atoms with Crippen LogP contribution >= 0.6 is 0 Å². The van der Waals surface area contributed by atoms with Gasteiger partial charge in [-0.3, -0.25) is 4.68 Å². The number of sulfonamides is 1. The van der Waals surface area contributed by atoms with E-state index < -0.39 is 15.8 Å². The minimum absolute atomic E-state index is 0.160. The molecular weight excluding hydrogens is 378 g/mol. The molecule has 0 N–H and O–H groups in total. The van der Waals surface area contributed by atoms with Crippen LogP contribution in [-0.2, 0) is 10.0 Å². The lowest BCUT2D eigenvalue weighted by atomic mass is 10.2. The fraction of sp³-hybridized carbons (Fsp3) is 0.350. The molecule has 28 heavy (non-hydrogen) atoms. The number of ether oxygens (including phenoxy) is 2. The SMILES string of the molecule is CC(C)n1ncc2cc(S(=O)(=O)N3CCC4(C3)Oc3ccccc3O4)ccc21. The van der Waals surface area contributed by atoms with Crippen molar-refractivity contribution in [3.05, 3.63) is 48.7 Å². The third-order valence-electron chi connectivity index (χ3n) is 5.29. The summed E-state index contributed by atoms with van der Waals surface area (Å²) in [5, 5.41) is 5.17. The summed E-state index contributed by atoms with van der Waals surface area (Å²) in [5.74, 6) is 0.372. The van der Waals surface area contributed by atoms with Gasteiger partial charge in [-0.2, -0.15) is 9.40 Å². The number of nitrogens with zero attached hydrogens (tertiary/aromatic N) is 3. The summed E-state index contributed by atoms with van der Waals surface area (Å²) >= 11 is 0. The van der Waals surface area contributed by atoms with Crippen LogP contribution in [0.4, 0.5) is 0 Å². The molecule has 0 radical (unpaired) electrons. The maximum atomic E-state index is 13.2. The highest BCUT2D eigenvalue weighted by Crippen LogP contribution is 2.43. The largest absolute Gasteiger partial charge is 0.447 e. The molecule has 5 rings (SSSR count). The van der Waals surface area contributed by atoms with Crippen molar-refractivity contribution in [3.8, 4) is 11.5 Å².